The maximum atomic E-state index is 11.8. The molecular formula is C18H18N2O2. The number of esters is 1. The zero-order valence-corrected chi connectivity index (χ0v) is 13.0. The van der Waals surface area contributed by atoms with Crippen LogP contribution < -0.4 is 0 Å². The average Bonchev–Trinajstić information content (AvgIpc) is 2.86. The van der Waals surface area contributed by atoms with Gasteiger partial charge in [-0.05, 0) is 31.5 Å². The fourth-order valence-corrected chi connectivity index (χ4v) is 2.70. The van der Waals surface area contributed by atoms with E-state index in [-0.39, 0.29) is 12.5 Å². The first-order valence-corrected chi connectivity index (χ1v) is 7.20. The van der Waals surface area contributed by atoms with Crippen LogP contribution in [-0.2, 0) is 16.1 Å². The summed E-state index contributed by atoms with van der Waals surface area (Å²) in [5, 5.41) is 0. The minimum atomic E-state index is -0.283. The Bertz CT molecular complexity index is 849. The number of hydrogen-bond donors (Lipinski definition) is 0. The third kappa shape index (κ3) is 2.48. The van der Waals surface area contributed by atoms with Crippen LogP contribution in [-0.4, -0.2) is 22.6 Å². The monoisotopic (exact) mass is 294 g/mol. The molecule has 0 atom stereocenters. The molecule has 0 saturated carbocycles. The van der Waals surface area contributed by atoms with E-state index in [4.69, 9.17) is 9.72 Å². The van der Waals surface area contributed by atoms with E-state index in [1.54, 1.807) is 0 Å². The molecule has 0 aliphatic rings. The predicted molar refractivity (Wildman–Crippen MR) is 86.7 cm³/mol. The van der Waals surface area contributed by atoms with Crippen LogP contribution in [0.5, 0.6) is 0 Å². The molecule has 0 radical (unpaired) electrons. The summed E-state index contributed by atoms with van der Waals surface area (Å²) in [6.45, 7) is 4.28. The summed E-state index contributed by atoms with van der Waals surface area (Å²) in [4.78, 5) is 16.5. The Balaban J connectivity index is 2.23. The van der Waals surface area contributed by atoms with Crippen LogP contribution in [0.15, 0.2) is 42.5 Å². The summed E-state index contributed by atoms with van der Waals surface area (Å²) in [6.07, 6.45) is 0. The highest BCUT2D eigenvalue weighted by Gasteiger charge is 2.16. The van der Waals surface area contributed by atoms with Crippen molar-refractivity contribution in [3.8, 4) is 11.4 Å². The molecule has 1 aromatic heterocycles. The molecule has 0 saturated heterocycles. The van der Waals surface area contributed by atoms with Gasteiger partial charge in [0.2, 0.25) is 0 Å². The van der Waals surface area contributed by atoms with Crippen molar-refractivity contribution in [1.29, 1.82) is 0 Å². The second kappa shape index (κ2) is 5.64. The Kier molecular flexibility index (Phi) is 3.67. The van der Waals surface area contributed by atoms with E-state index in [0.29, 0.717) is 0 Å². The van der Waals surface area contributed by atoms with Gasteiger partial charge in [0.15, 0.2) is 0 Å². The van der Waals surface area contributed by atoms with Gasteiger partial charge in [-0.15, -0.1) is 0 Å². The van der Waals surface area contributed by atoms with E-state index >= 15 is 0 Å². The van der Waals surface area contributed by atoms with E-state index in [1.807, 2.05) is 28.8 Å². The van der Waals surface area contributed by atoms with Crippen molar-refractivity contribution in [3.63, 3.8) is 0 Å². The van der Waals surface area contributed by atoms with Crippen molar-refractivity contribution in [2.24, 2.45) is 0 Å². The lowest BCUT2D eigenvalue weighted by molar-refractivity contribution is -0.141. The molecular weight excluding hydrogens is 276 g/mol. The van der Waals surface area contributed by atoms with Gasteiger partial charge < -0.3 is 9.30 Å². The van der Waals surface area contributed by atoms with E-state index in [1.165, 1.54) is 12.7 Å². The van der Waals surface area contributed by atoms with Gasteiger partial charge >= 0.3 is 5.97 Å². The third-order valence-electron chi connectivity index (χ3n) is 3.79. The molecule has 22 heavy (non-hydrogen) atoms. The van der Waals surface area contributed by atoms with Gasteiger partial charge in [0.1, 0.15) is 12.4 Å². The van der Waals surface area contributed by atoms with E-state index < -0.39 is 0 Å². The van der Waals surface area contributed by atoms with Gasteiger partial charge in [0.25, 0.3) is 0 Å². The zero-order valence-electron chi connectivity index (χ0n) is 13.0. The Morgan fingerprint density at radius 3 is 2.68 bits per heavy atom. The van der Waals surface area contributed by atoms with Crippen LogP contribution in [0.1, 0.15) is 11.1 Å². The van der Waals surface area contributed by atoms with Gasteiger partial charge in [0, 0.05) is 5.56 Å². The number of benzene rings is 2. The Labute approximate surface area is 129 Å². The van der Waals surface area contributed by atoms with Gasteiger partial charge in [-0.3, -0.25) is 4.79 Å². The highest BCUT2D eigenvalue weighted by atomic mass is 16.5. The van der Waals surface area contributed by atoms with Crippen molar-refractivity contribution in [1.82, 2.24) is 9.55 Å². The summed E-state index contributed by atoms with van der Waals surface area (Å²) in [6, 6.07) is 14.1. The molecule has 0 bridgehead atoms. The normalized spacial score (nSPS) is 10.9. The molecule has 3 rings (SSSR count). The molecule has 0 N–H and O–H groups in total. The van der Waals surface area contributed by atoms with Gasteiger partial charge in [0.05, 0.1) is 18.1 Å². The molecule has 0 spiro atoms. The number of carbonyl (C=O) groups excluding carboxylic acids is 1. The van der Waals surface area contributed by atoms with Crippen molar-refractivity contribution in [2.75, 3.05) is 7.11 Å². The Morgan fingerprint density at radius 2 is 1.95 bits per heavy atom. The summed E-state index contributed by atoms with van der Waals surface area (Å²) < 4.78 is 6.74. The average molecular weight is 294 g/mol. The first-order chi connectivity index (χ1) is 10.6. The quantitative estimate of drug-likeness (QED) is 0.694. The van der Waals surface area contributed by atoms with Crippen LogP contribution >= 0.6 is 0 Å². The second-order valence-electron chi connectivity index (χ2n) is 5.40. The van der Waals surface area contributed by atoms with Crippen LogP contribution in [0.2, 0.25) is 0 Å². The van der Waals surface area contributed by atoms with Crippen molar-refractivity contribution < 1.29 is 9.53 Å². The number of nitrogens with zero attached hydrogens (tertiary/aromatic N) is 2. The number of rotatable bonds is 3. The molecule has 0 aliphatic heterocycles. The second-order valence-corrected chi connectivity index (χ2v) is 5.40. The highest BCUT2D eigenvalue weighted by molar-refractivity contribution is 5.83. The lowest BCUT2D eigenvalue weighted by atomic mass is 10.1. The van der Waals surface area contributed by atoms with Gasteiger partial charge in [-0.25, -0.2) is 4.98 Å². The first kappa shape index (κ1) is 14.3. The number of ether oxygens (including phenoxy) is 1. The topological polar surface area (TPSA) is 44.1 Å². The van der Waals surface area contributed by atoms with Crippen LogP contribution in [0.25, 0.3) is 22.4 Å². The number of hydrogen-bond acceptors (Lipinski definition) is 3. The lowest BCUT2D eigenvalue weighted by Gasteiger charge is -2.10. The first-order valence-electron chi connectivity index (χ1n) is 7.20. The highest BCUT2D eigenvalue weighted by Crippen LogP contribution is 2.27. The molecule has 0 fully saturated rings. The fraction of sp³-hybridized carbons (Fsp3) is 0.222. The molecule has 4 nitrogen and oxygen atoms in total. The number of aryl methyl sites for hydroxylation is 2. The summed E-state index contributed by atoms with van der Waals surface area (Å²) in [7, 11) is 1.40. The molecule has 0 unspecified atom stereocenters. The van der Waals surface area contributed by atoms with E-state index in [9.17, 15) is 4.79 Å². The summed E-state index contributed by atoms with van der Waals surface area (Å²) in [5.74, 6) is 0.512. The van der Waals surface area contributed by atoms with Crippen molar-refractivity contribution in [3.05, 3.63) is 53.6 Å². The minimum Gasteiger partial charge on any atom is -0.468 e. The van der Waals surface area contributed by atoms with E-state index in [0.717, 1.165) is 28.0 Å². The van der Waals surface area contributed by atoms with Crippen LogP contribution in [0, 0.1) is 13.8 Å². The smallest absolute Gasteiger partial charge is 0.325 e. The lowest BCUT2D eigenvalue weighted by Crippen LogP contribution is -2.12. The summed E-state index contributed by atoms with van der Waals surface area (Å²) in [5.41, 5.74) is 5.19. The zero-order chi connectivity index (χ0) is 15.7. The van der Waals surface area contributed by atoms with Crippen LogP contribution in [0.4, 0.5) is 0 Å². The molecule has 0 aliphatic carbocycles. The SMILES string of the molecule is COC(=O)Cn1c(-c2ccc(C)cc2C)nc2ccccc21. The van der Waals surface area contributed by atoms with Crippen molar-refractivity contribution in [2.45, 2.75) is 20.4 Å². The Morgan fingerprint density at radius 1 is 1.18 bits per heavy atom. The predicted octanol–water partition coefficient (Wildman–Crippen LogP) is 3.49. The molecule has 1 heterocycles. The van der Waals surface area contributed by atoms with Crippen LogP contribution in [0.3, 0.4) is 0 Å². The largest absolute Gasteiger partial charge is 0.468 e. The number of carbonyl (C=O) groups is 1. The van der Waals surface area contributed by atoms with Gasteiger partial charge in [-0.2, -0.15) is 0 Å². The van der Waals surface area contributed by atoms with E-state index in [2.05, 4.69) is 32.0 Å². The maximum absolute atomic E-state index is 11.8. The fourth-order valence-electron chi connectivity index (χ4n) is 2.70. The van der Waals surface area contributed by atoms with Crippen molar-refractivity contribution >= 4 is 17.0 Å². The number of para-hydroxylation sites is 2. The molecule has 2 aromatic carbocycles. The minimum absolute atomic E-state index is 0.152. The number of imidazole rings is 1. The Hall–Kier alpha value is -2.62. The standard InChI is InChI=1S/C18H18N2O2/c1-12-8-9-14(13(2)10-12)18-19-15-6-4-5-7-16(15)20(18)11-17(21)22-3/h4-10H,11H2,1-3H3. The number of methoxy groups -OCH3 is 1. The maximum Gasteiger partial charge on any atom is 0.325 e. The molecule has 112 valence electrons. The molecule has 4 heteroatoms. The number of fused-ring (bicyclic) bond motifs is 1. The number of aromatic nitrogens is 2. The molecule has 0 amide bonds. The third-order valence-corrected chi connectivity index (χ3v) is 3.79. The van der Waals surface area contributed by atoms with Gasteiger partial charge in [-0.1, -0.05) is 35.9 Å². The molecule has 3 aromatic rings. The summed E-state index contributed by atoms with van der Waals surface area (Å²) >= 11 is 0.